The first-order valence-corrected chi connectivity index (χ1v) is 8.09. The molecule has 0 aliphatic carbocycles. The second kappa shape index (κ2) is 5.86. The quantitative estimate of drug-likeness (QED) is 0.488. The van der Waals surface area contributed by atoms with Gasteiger partial charge in [0, 0.05) is 28.7 Å². The first kappa shape index (κ1) is 15.1. The number of ketones is 1. The molecule has 2 aromatic carbocycles. The minimum Gasteiger partial charge on any atom is -0.497 e. The number of allylic oxidation sites excluding steroid dienone is 1. The molecule has 0 amide bonds. The molecule has 0 bridgehead atoms. The van der Waals surface area contributed by atoms with E-state index in [9.17, 15) is 4.79 Å². The molecule has 0 saturated heterocycles. The van der Waals surface area contributed by atoms with Gasteiger partial charge in [0.25, 0.3) is 0 Å². The fourth-order valence-corrected chi connectivity index (χ4v) is 3.00. The molecule has 0 atom stereocenters. The van der Waals surface area contributed by atoms with Crippen LogP contribution in [0.4, 0.5) is 0 Å². The van der Waals surface area contributed by atoms with Gasteiger partial charge >= 0.3 is 0 Å². The molecule has 0 saturated carbocycles. The van der Waals surface area contributed by atoms with Gasteiger partial charge in [-0.05, 0) is 36.4 Å². The van der Waals surface area contributed by atoms with E-state index in [2.05, 4.69) is 4.98 Å². The molecule has 1 aromatic heterocycles. The molecule has 0 radical (unpaired) electrons. The molecule has 3 aromatic rings. The third-order valence-corrected chi connectivity index (χ3v) is 4.45. The molecule has 0 unspecified atom stereocenters. The van der Waals surface area contributed by atoms with E-state index >= 15 is 0 Å². The Morgan fingerprint density at radius 2 is 2.00 bits per heavy atom. The molecule has 6 heteroatoms. The number of aromatic amines is 1. The summed E-state index contributed by atoms with van der Waals surface area (Å²) in [5.74, 6) is 2.06. The third-order valence-electron chi connectivity index (χ3n) is 3.94. The van der Waals surface area contributed by atoms with E-state index in [0.29, 0.717) is 22.8 Å². The largest absolute Gasteiger partial charge is 0.497 e. The number of halogens is 1. The van der Waals surface area contributed by atoms with Gasteiger partial charge in [-0.15, -0.1) is 0 Å². The van der Waals surface area contributed by atoms with Crippen molar-refractivity contribution in [2.24, 2.45) is 0 Å². The van der Waals surface area contributed by atoms with Crippen molar-refractivity contribution in [3.63, 3.8) is 0 Å². The summed E-state index contributed by atoms with van der Waals surface area (Å²) in [4.78, 5) is 15.7. The van der Waals surface area contributed by atoms with Gasteiger partial charge < -0.3 is 17.5 Å². The lowest BCUT2D eigenvalue weighted by molar-refractivity contribution is 0.101. The zero-order valence-electron chi connectivity index (χ0n) is 12.6. The molecule has 0 fully saturated rings. The van der Waals surface area contributed by atoms with Crippen molar-refractivity contribution < 1.29 is 17.3 Å². The van der Waals surface area contributed by atoms with E-state index < -0.39 is 0 Å². The Balaban J connectivity index is 1.76. The maximum Gasteiger partial charge on any atom is 0.231 e. The molecule has 1 aliphatic heterocycles. The van der Waals surface area contributed by atoms with Crippen molar-refractivity contribution in [3.05, 3.63) is 59.5 Å². The number of carbonyl (C=O) groups is 1. The Morgan fingerprint density at radius 3 is 2.79 bits per heavy atom. The molecule has 2 heterocycles. The molecular weight excluding hydrogens is 421 g/mol. The molecule has 4 rings (SSSR count). The molecule has 120 valence electrons. The van der Waals surface area contributed by atoms with Crippen LogP contribution in [-0.2, 0) is 0 Å². The number of methoxy groups -OCH3 is 1. The predicted molar refractivity (Wildman–Crippen MR) is 98.9 cm³/mol. The third kappa shape index (κ3) is 2.43. The Morgan fingerprint density at radius 1 is 1.17 bits per heavy atom. The standard InChI is InChI=1S/C18H12INO4/c1-22-11-3-5-15-14(7-11)10(9-20-15)6-17-18(21)13-4-2-12(24-19)8-16(13)23-17/h2-9,20H,1H3/b17-6-. The molecule has 0 spiro atoms. The summed E-state index contributed by atoms with van der Waals surface area (Å²) in [5.41, 5.74) is 2.37. The minimum absolute atomic E-state index is 0.137. The van der Waals surface area contributed by atoms with Crippen LogP contribution in [0.5, 0.6) is 17.2 Å². The lowest BCUT2D eigenvalue weighted by atomic mass is 10.1. The number of rotatable bonds is 3. The number of hydrogen-bond acceptors (Lipinski definition) is 4. The second-order valence-electron chi connectivity index (χ2n) is 5.33. The highest BCUT2D eigenvalue weighted by Gasteiger charge is 2.28. The van der Waals surface area contributed by atoms with E-state index in [1.54, 1.807) is 54.4 Å². The van der Waals surface area contributed by atoms with Crippen molar-refractivity contribution in [2.75, 3.05) is 7.11 Å². The normalized spacial score (nSPS) is 14.8. The number of Topliss-reactive ketones (excluding diaryl/α,β-unsaturated/α-hetero) is 1. The van der Waals surface area contributed by atoms with Gasteiger partial charge in [-0.1, -0.05) is 0 Å². The molecular formula is C18H12INO4. The second-order valence-corrected chi connectivity index (χ2v) is 5.77. The highest BCUT2D eigenvalue weighted by Crippen LogP contribution is 2.36. The van der Waals surface area contributed by atoms with Crippen molar-refractivity contribution in [1.29, 1.82) is 0 Å². The lowest BCUT2D eigenvalue weighted by Crippen LogP contribution is -1.97. The minimum atomic E-state index is -0.137. The summed E-state index contributed by atoms with van der Waals surface area (Å²) >= 11 is 1.79. The van der Waals surface area contributed by atoms with Gasteiger partial charge in [-0.3, -0.25) is 4.79 Å². The number of aromatic nitrogens is 1. The maximum absolute atomic E-state index is 12.5. The molecule has 1 aliphatic rings. The molecule has 24 heavy (non-hydrogen) atoms. The van der Waals surface area contributed by atoms with E-state index in [4.69, 9.17) is 12.5 Å². The maximum atomic E-state index is 12.5. The van der Waals surface area contributed by atoms with Crippen LogP contribution in [0.1, 0.15) is 15.9 Å². The summed E-state index contributed by atoms with van der Waals surface area (Å²) in [7, 11) is 1.62. The van der Waals surface area contributed by atoms with E-state index in [1.807, 2.05) is 24.4 Å². The zero-order valence-corrected chi connectivity index (χ0v) is 14.8. The van der Waals surface area contributed by atoms with Crippen LogP contribution < -0.4 is 12.5 Å². The number of H-pyrrole nitrogens is 1. The van der Waals surface area contributed by atoms with Gasteiger partial charge in [0.1, 0.15) is 17.2 Å². The van der Waals surface area contributed by atoms with Crippen LogP contribution in [0.2, 0.25) is 0 Å². The van der Waals surface area contributed by atoms with Crippen molar-refractivity contribution in [3.8, 4) is 17.2 Å². The highest BCUT2D eigenvalue weighted by atomic mass is 127. The number of nitrogens with one attached hydrogen (secondary N) is 1. The van der Waals surface area contributed by atoms with Crippen molar-refractivity contribution in [2.45, 2.75) is 0 Å². The first-order chi connectivity index (χ1) is 11.7. The van der Waals surface area contributed by atoms with E-state index in [0.717, 1.165) is 22.2 Å². The zero-order chi connectivity index (χ0) is 16.7. The van der Waals surface area contributed by atoms with Gasteiger partial charge in [-0.2, -0.15) is 0 Å². The number of benzene rings is 2. The SMILES string of the molecule is COc1ccc2[nH]cc(/C=C3\Oc4cc(OI)ccc4C3=O)c2c1. The van der Waals surface area contributed by atoms with Crippen LogP contribution in [0.25, 0.3) is 17.0 Å². The number of carbonyl (C=O) groups excluding carboxylic acids is 1. The molecule has 1 N–H and O–H groups in total. The van der Waals surface area contributed by atoms with Gasteiger partial charge in [-0.25, -0.2) is 0 Å². The Hall–Kier alpha value is -2.48. The fourth-order valence-electron chi connectivity index (χ4n) is 2.72. The lowest BCUT2D eigenvalue weighted by Gasteiger charge is -2.01. The van der Waals surface area contributed by atoms with Gasteiger partial charge in [0.2, 0.25) is 5.78 Å². The Labute approximate surface area is 151 Å². The number of hydrogen-bond donors (Lipinski definition) is 1. The summed E-state index contributed by atoms with van der Waals surface area (Å²) in [6, 6.07) is 10.9. The first-order valence-electron chi connectivity index (χ1n) is 7.21. The summed E-state index contributed by atoms with van der Waals surface area (Å²) in [5, 5.41) is 0.963. The van der Waals surface area contributed by atoms with Crippen LogP contribution >= 0.6 is 23.0 Å². The smallest absolute Gasteiger partial charge is 0.231 e. The average molecular weight is 433 g/mol. The van der Waals surface area contributed by atoms with Crippen molar-refractivity contribution in [1.82, 2.24) is 4.98 Å². The summed E-state index contributed by atoms with van der Waals surface area (Å²) in [6.07, 6.45) is 3.58. The van der Waals surface area contributed by atoms with Crippen LogP contribution in [0.3, 0.4) is 0 Å². The van der Waals surface area contributed by atoms with Gasteiger partial charge in [0.15, 0.2) is 28.8 Å². The van der Waals surface area contributed by atoms with Crippen LogP contribution in [0, 0.1) is 0 Å². The summed E-state index contributed by atoms with van der Waals surface area (Å²) < 4.78 is 16.1. The fraction of sp³-hybridized carbons (Fsp3) is 0.0556. The topological polar surface area (TPSA) is 60.6 Å². The molecule has 5 nitrogen and oxygen atoms in total. The Kier molecular flexibility index (Phi) is 3.68. The number of fused-ring (bicyclic) bond motifs is 2. The monoisotopic (exact) mass is 433 g/mol. The van der Waals surface area contributed by atoms with E-state index in [1.165, 1.54) is 0 Å². The Bertz CT molecular complexity index is 990. The number of ether oxygens (including phenoxy) is 2. The predicted octanol–water partition coefficient (Wildman–Crippen LogP) is 4.52. The van der Waals surface area contributed by atoms with Gasteiger partial charge in [0.05, 0.1) is 12.7 Å². The van der Waals surface area contributed by atoms with E-state index in [-0.39, 0.29) is 5.78 Å². The summed E-state index contributed by atoms with van der Waals surface area (Å²) in [6.45, 7) is 0. The van der Waals surface area contributed by atoms with Crippen LogP contribution in [0.15, 0.2) is 48.4 Å². The van der Waals surface area contributed by atoms with Crippen LogP contribution in [-0.4, -0.2) is 17.9 Å². The highest BCUT2D eigenvalue weighted by molar-refractivity contribution is 14.1. The average Bonchev–Trinajstić information content (AvgIpc) is 3.16. The van der Waals surface area contributed by atoms with Crippen molar-refractivity contribution >= 4 is 45.8 Å².